The number of hydrogen-bond donors (Lipinski definition) is 1. The van der Waals surface area contributed by atoms with Gasteiger partial charge in [0.05, 0.1) is 7.11 Å². The molecule has 0 aliphatic carbocycles. The lowest BCUT2D eigenvalue weighted by Gasteiger charge is -2.15. The van der Waals surface area contributed by atoms with E-state index in [-0.39, 0.29) is 6.04 Å². The highest BCUT2D eigenvalue weighted by Crippen LogP contribution is 2.29. The van der Waals surface area contributed by atoms with Gasteiger partial charge in [-0.3, -0.25) is 0 Å². The highest BCUT2D eigenvalue weighted by atomic mass is 79.9. The molecule has 2 nitrogen and oxygen atoms in total. The van der Waals surface area contributed by atoms with Gasteiger partial charge in [0.1, 0.15) is 5.75 Å². The standard InChI is InChI=1S/C13H18BrNO/c1-4-9(2)7-13(15)11-8-10(16-3)5-6-12(11)14/h5-6,8,13H,2,4,7,15H2,1,3H3. The second-order valence-electron chi connectivity index (χ2n) is 3.80. The van der Waals surface area contributed by atoms with Gasteiger partial charge >= 0.3 is 0 Å². The highest BCUT2D eigenvalue weighted by Gasteiger charge is 2.11. The third kappa shape index (κ3) is 3.35. The van der Waals surface area contributed by atoms with E-state index in [2.05, 4.69) is 29.4 Å². The second-order valence-corrected chi connectivity index (χ2v) is 4.66. The van der Waals surface area contributed by atoms with Gasteiger partial charge in [0.2, 0.25) is 0 Å². The monoisotopic (exact) mass is 283 g/mol. The molecule has 0 spiro atoms. The molecule has 1 rings (SSSR count). The Kier molecular flexibility index (Phi) is 5.03. The van der Waals surface area contributed by atoms with E-state index < -0.39 is 0 Å². The van der Waals surface area contributed by atoms with Crippen molar-refractivity contribution in [2.75, 3.05) is 7.11 Å². The topological polar surface area (TPSA) is 35.2 Å². The van der Waals surface area contributed by atoms with Crippen molar-refractivity contribution in [1.29, 1.82) is 0 Å². The van der Waals surface area contributed by atoms with Crippen LogP contribution in [-0.4, -0.2) is 7.11 Å². The van der Waals surface area contributed by atoms with Crippen molar-refractivity contribution in [3.8, 4) is 5.75 Å². The molecule has 0 aromatic heterocycles. The summed E-state index contributed by atoms with van der Waals surface area (Å²) in [5.74, 6) is 0.829. The average molecular weight is 284 g/mol. The first-order valence-electron chi connectivity index (χ1n) is 5.34. The Labute approximate surface area is 106 Å². The number of halogens is 1. The summed E-state index contributed by atoms with van der Waals surface area (Å²) in [7, 11) is 1.66. The van der Waals surface area contributed by atoms with Crippen molar-refractivity contribution in [3.63, 3.8) is 0 Å². The molecule has 0 heterocycles. The van der Waals surface area contributed by atoms with E-state index in [4.69, 9.17) is 10.5 Å². The van der Waals surface area contributed by atoms with Crippen LogP contribution in [0.5, 0.6) is 5.75 Å². The number of hydrogen-bond acceptors (Lipinski definition) is 2. The molecule has 0 bridgehead atoms. The normalized spacial score (nSPS) is 12.2. The molecule has 3 heteroatoms. The average Bonchev–Trinajstić information content (AvgIpc) is 2.29. The van der Waals surface area contributed by atoms with Crippen LogP contribution in [0, 0.1) is 0 Å². The van der Waals surface area contributed by atoms with Gasteiger partial charge in [0, 0.05) is 10.5 Å². The Morgan fingerprint density at radius 2 is 2.25 bits per heavy atom. The molecule has 1 aromatic rings. The summed E-state index contributed by atoms with van der Waals surface area (Å²) in [5.41, 5.74) is 8.38. The van der Waals surface area contributed by atoms with Crippen molar-refractivity contribution >= 4 is 15.9 Å². The minimum Gasteiger partial charge on any atom is -0.497 e. The lowest BCUT2D eigenvalue weighted by Crippen LogP contribution is -2.11. The zero-order valence-electron chi connectivity index (χ0n) is 9.79. The van der Waals surface area contributed by atoms with E-state index in [1.807, 2.05) is 18.2 Å². The summed E-state index contributed by atoms with van der Waals surface area (Å²) < 4.78 is 6.21. The van der Waals surface area contributed by atoms with Crippen molar-refractivity contribution in [2.45, 2.75) is 25.8 Å². The van der Waals surface area contributed by atoms with Gasteiger partial charge in [0.15, 0.2) is 0 Å². The molecule has 1 aromatic carbocycles. The van der Waals surface area contributed by atoms with Crippen LogP contribution in [0.15, 0.2) is 34.8 Å². The van der Waals surface area contributed by atoms with Gasteiger partial charge in [0.25, 0.3) is 0 Å². The lowest BCUT2D eigenvalue weighted by atomic mass is 9.99. The molecule has 0 saturated heterocycles. The zero-order valence-corrected chi connectivity index (χ0v) is 11.4. The molecule has 1 atom stereocenters. The number of methoxy groups -OCH3 is 1. The molecular formula is C13H18BrNO. The van der Waals surface area contributed by atoms with Crippen molar-refractivity contribution in [2.24, 2.45) is 5.73 Å². The first-order chi connectivity index (χ1) is 7.58. The summed E-state index contributed by atoms with van der Waals surface area (Å²) in [6, 6.07) is 5.81. The maximum Gasteiger partial charge on any atom is 0.119 e. The molecule has 0 aliphatic heterocycles. The van der Waals surface area contributed by atoms with E-state index in [0.717, 1.165) is 28.6 Å². The number of rotatable bonds is 5. The van der Waals surface area contributed by atoms with Gasteiger partial charge in [-0.25, -0.2) is 0 Å². The van der Waals surface area contributed by atoms with Gasteiger partial charge < -0.3 is 10.5 Å². The minimum atomic E-state index is -0.0306. The van der Waals surface area contributed by atoms with E-state index in [1.165, 1.54) is 5.57 Å². The summed E-state index contributed by atoms with van der Waals surface area (Å²) in [4.78, 5) is 0. The Balaban J connectivity index is 2.88. The molecule has 0 fully saturated rings. The maximum absolute atomic E-state index is 6.15. The molecular weight excluding hydrogens is 266 g/mol. The SMILES string of the molecule is C=C(CC)CC(N)c1cc(OC)ccc1Br. The molecule has 16 heavy (non-hydrogen) atoms. The van der Waals surface area contributed by atoms with Crippen LogP contribution in [0.1, 0.15) is 31.4 Å². The van der Waals surface area contributed by atoms with Crippen molar-refractivity contribution < 1.29 is 4.74 Å². The molecule has 0 saturated carbocycles. The van der Waals surface area contributed by atoms with Crippen molar-refractivity contribution in [1.82, 2.24) is 0 Å². The van der Waals surface area contributed by atoms with E-state index in [0.29, 0.717) is 0 Å². The Hall–Kier alpha value is -0.800. The first-order valence-corrected chi connectivity index (χ1v) is 6.13. The van der Waals surface area contributed by atoms with Crippen LogP contribution < -0.4 is 10.5 Å². The van der Waals surface area contributed by atoms with E-state index in [1.54, 1.807) is 7.11 Å². The Morgan fingerprint density at radius 3 is 2.81 bits per heavy atom. The van der Waals surface area contributed by atoms with Crippen LogP contribution in [0.4, 0.5) is 0 Å². The predicted molar refractivity (Wildman–Crippen MR) is 71.7 cm³/mol. The second kappa shape index (κ2) is 6.06. The summed E-state index contributed by atoms with van der Waals surface area (Å²) >= 11 is 3.51. The molecule has 2 N–H and O–H groups in total. The Morgan fingerprint density at radius 1 is 1.56 bits per heavy atom. The number of benzene rings is 1. The van der Waals surface area contributed by atoms with Gasteiger partial charge in [-0.05, 0) is 36.6 Å². The predicted octanol–water partition coefficient (Wildman–Crippen LogP) is 3.81. The quantitative estimate of drug-likeness (QED) is 0.834. The van der Waals surface area contributed by atoms with Gasteiger partial charge in [-0.15, -0.1) is 0 Å². The van der Waals surface area contributed by atoms with Crippen LogP contribution >= 0.6 is 15.9 Å². The molecule has 88 valence electrons. The van der Waals surface area contributed by atoms with Gasteiger partial charge in [-0.2, -0.15) is 0 Å². The third-order valence-corrected chi connectivity index (χ3v) is 3.33. The van der Waals surface area contributed by atoms with Crippen LogP contribution in [0.25, 0.3) is 0 Å². The van der Waals surface area contributed by atoms with Gasteiger partial charge in [-0.1, -0.05) is 35.0 Å². The highest BCUT2D eigenvalue weighted by molar-refractivity contribution is 9.10. The third-order valence-electron chi connectivity index (χ3n) is 2.61. The summed E-state index contributed by atoms with van der Waals surface area (Å²) in [6.45, 7) is 6.08. The van der Waals surface area contributed by atoms with Crippen LogP contribution in [0.3, 0.4) is 0 Å². The van der Waals surface area contributed by atoms with Crippen molar-refractivity contribution in [3.05, 3.63) is 40.4 Å². The smallest absolute Gasteiger partial charge is 0.119 e. The number of ether oxygens (including phenoxy) is 1. The zero-order chi connectivity index (χ0) is 12.1. The largest absolute Gasteiger partial charge is 0.497 e. The summed E-state index contributed by atoms with van der Waals surface area (Å²) in [5, 5.41) is 0. The fourth-order valence-electron chi connectivity index (χ4n) is 1.50. The Bertz CT molecular complexity index is 376. The molecule has 0 radical (unpaired) electrons. The molecule has 0 amide bonds. The molecule has 0 aliphatic rings. The minimum absolute atomic E-state index is 0.0306. The maximum atomic E-state index is 6.15. The number of nitrogens with two attached hydrogens (primary N) is 1. The summed E-state index contributed by atoms with van der Waals surface area (Å²) in [6.07, 6.45) is 1.78. The lowest BCUT2D eigenvalue weighted by molar-refractivity contribution is 0.413. The fraction of sp³-hybridized carbons (Fsp3) is 0.385. The first kappa shape index (κ1) is 13.3. The van der Waals surface area contributed by atoms with E-state index in [9.17, 15) is 0 Å². The van der Waals surface area contributed by atoms with E-state index >= 15 is 0 Å². The molecule has 1 unspecified atom stereocenters. The fourth-order valence-corrected chi connectivity index (χ4v) is 2.04. The van der Waals surface area contributed by atoms with Crippen LogP contribution in [0.2, 0.25) is 0 Å². The van der Waals surface area contributed by atoms with Crippen LogP contribution in [-0.2, 0) is 0 Å².